The Morgan fingerprint density at radius 2 is 1.35 bits per heavy atom. The van der Waals surface area contributed by atoms with E-state index < -0.39 is 0 Å². The van der Waals surface area contributed by atoms with Crippen LogP contribution >= 0.6 is 0 Å². The molecular formula is C23H36. The van der Waals surface area contributed by atoms with Crippen LogP contribution in [0.15, 0.2) is 12.1 Å². The Bertz CT molecular complexity index is 584. The Morgan fingerprint density at radius 1 is 0.826 bits per heavy atom. The lowest BCUT2D eigenvalue weighted by molar-refractivity contribution is 0.238. The van der Waals surface area contributed by atoms with E-state index in [0.717, 1.165) is 5.92 Å². The second kappa shape index (κ2) is 5.36. The van der Waals surface area contributed by atoms with E-state index in [4.69, 9.17) is 0 Å². The summed E-state index contributed by atoms with van der Waals surface area (Å²) in [4.78, 5) is 0. The first-order valence-electron chi connectivity index (χ1n) is 9.72. The van der Waals surface area contributed by atoms with Gasteiger partial charge in [-0.25, -0.2) is 0 Å². The van der Waals surface area contributed by atoms with Gasteiger partial charge in [-0.05, 0) is 82.9 Å². The van der Waals surface area contributed by atoms with Crippen molar-refractivity contribution in [3.63, 3.8) is 0 Å². The summed E-state index contributed by atoms with van der Waals surface area (Å²) < 4.78 is 0. The SMILES string of the molecule is CC1CCC2(CCc3c(C(C)(C)C)ccc(C(C)(C)C)c32)CC1. The zero-order valence-corrected chi connectivity index (χ0v) is 16.5. The molecule has 0 heteroatoms. The molecule has 1 aromatic rings. The van der Waals surface area contributed by atoms with E-state index in [1.807, 2.05) is 0 Å². The summed E-state index contributed by atoms with van der Waals surface area (Å²) in [7, 11) is 0. The molecule has 0 aliphatic heterocycles. The monoisotopic (exact) mass is 312 g/mol. The Balaban J connectivity index is 2.20. The highest BCUT2D eigenvalue weighted by Crippen LogP contribution is 2.54. The Labute approximate surface area is 144 Å². The fourth-order valence-corrected chi connectivity index (χ4v) is 5.14. The molecule has 1 spiro atoms. The fourth-order valence-electron chi connectivity index (χ4n) is 5.14. The van der Waals surface area contributed by atoms with Gasteiger partial charge in [-0.1, -0.05) is 60.6 Å². The van der Waals surface area contributed by atoms with Crippen molar-refractivity contribution in [1.82, 2.24) is 0 Å². The number of hydrogen-bond acceptors (Lipinski definition) is 0. The molecule has 2 aliphatic rings. The van der Waals surface area contributed by atoms with Gasteiger partial charge in [-0.3, -0.25) is 0 Å². The van der Waals surface area contributed by atoms with Crippen LogP contribution in [-0.2, 0) is 22.7 Å². The molecule has 3 rings (SSSR count). The van der Waals surface area contributed by atoms with Crippen LogP contribution < -0.4 is 0 Å². The van der Waals surface area contributed by atoms with Crippen LogP contribution in [0.2, 0.25) is 0 Å². The lowest BCUT2D eigenvalue weighted by atomic mass is 9.64. The maximum atomic E-state index is 2.48. The van der Waals surface area contributed by atoms with Crippen LogP contribution in [0.5, 0.6) is 0 Å². The van der Waals surface area contributed by atoms with Gasteiger partial charge in [0.15, 0.2) is 0 Å². The normalized spacial score (nSPS) is 28.2. The van der Waals surface area contributed by atoms with Gasteiger partial charge in [0, 0.05) is 0 Å². The van der Waals surface area contributed by atoms with Crippen molar-refractivity contribution in [3.8, 4) is 0 Å². The van der Waals surface area contributed by atoms with Crippen LogP contribution in [0.3, 0.4) is 0 Å². The van der Waals surface area contributed by atoms with Gasteiger partial charge in [0.25, 0.3) is 0 Å². The largest absolute Gasteiger partial charge is 0.0625 e. The number of hydrogen-bond donors (Lipinski definition) is 0. The summed E-state index contributed by atoms with van der Waals surface area (Å²) in [6.45, 7) is 16.8. The van der Waals surface area contributed by atoms with E-state index >= 15 is 0 Å². The van der Waals surface area contributed by atoms with Crippen molar-refractivity contribution in [2.75, 3.05) is 0 Å². The van der Waals surface area contributed by atoms with Crippen molar-refractivity contribution in [2.45, 2.75) is 103 Å². The minimum atomic E-state index is 0.251. The molecule has 0 nitrogen and oxygen atoms in total. The van der Waals surface area contributed by atoms with Crippen molar-refractivity contribution in [3.05, 3.63) is 34.4 Å². The number of fused-ring (bicyclic) bond motifs is 2. The highest BCUT2D eigenvalue weighted by atomic mass is 14.5. The molecular weight excluding hydrogens is 276 g/mol. The van der Waals surface area contributed by atoms with Gasteiger partial charge in [0.05, 0.1) is 0 Å². The van der Waals surface area contributed by atoms with Crippen LogP contribution in [0, 0.1) is 5.92 Å². The van der Waals surface area contributed by atoms with E-state index in [2.05, 4.69) is 60.6 Å². The van der Waals surface area contributed by atoms with Gasteiger partial charge in [0.1, 0.15) is 0 Å². The highest BCUT2D eigenvalue weighted by molar-refractivity contribution is 5.53. The first-order valence-corrected chi connectivity index (χ1v) is 9.72. The molecule has 0 heterocycles. The molecule has 1 fully saturated rings. The maximum absolute atomic E-state index is 2.48. The van der Waals surface area contributed by atoms with Gasteiger partial charge in [-0.2, -0.15) is 0 Å². The Hall–Kier alpha value is -0.780. The molecule has 0 bridgehead atoms. The minimum Gasteiger partial charge on any atom is -0.0625 e. The molecule has 0 saturated heterocycles. The zero-order valence-electron chi connectivity index (χ0n) is 16.5. The van der Waals surface area contributed by atoms with E-state index in [1.165, 1.54) is 38.5 Å². The molecule has 0 atom stereocenters. The highest BCUT2D eigenvalue weighted by Gasteiger charge is 2.45. The van der Waals surface area contributed by atoms with Crippen molar-refractivity contribution >= 4 is 0 Å². The van der Waals surface area contributed by atoms with Crippen LogP contribution in [0.25, 0.3) is 0 Å². The molecule has 0 unspecified atom stereocenters. The average molecular weight is 313 g/mol. The quantitative estimate of drug-likeness (QED) is 0.501. The first kappa shape index (κ1) is 17.1. The second-order valence-electron chi connectivity index (χ2n) is 10.5. The lowest BCUT2D eigenvalue weighted by Gasteiger charge is -2.41. The molecule has 23 heavy (non-hydrogen) atoms. The molecule has 0 amide bonds. The van der Waals surface area contributed by atoms with Gasteiger partial charge < -0.3 is 0 Å². The molecule has 1 saturated carbocycles. The third-order valence-electron chi connectivity index (χ3n) is 6.54. The van der Waals surface area contributed by atoms with E-state index in [-0.39, 0.29) is 10.8 Å². The number of benzene rings is 1. The second-order valence-corrected chi connectivity index (χ2v) is 10.5. The summed E-state index contributed by atoms with van der Waals surface area (Å²) in [5, 5.41) is 0. The Kier molecular flexibility index (Phi) is 3.98. The van der Waals surface area contributed by atoms with E-state index in [0.29, 0.717) is 5.41 Å². The molecule has 0 N–H and O–H groups in total. The van der Waals surface area contributed by atoms with Crippen LogP contribution in [-0.4, -0.2) is 0 Å². The van der Waals surface area contributed by atoms with Crippen molar-refractivity contribution < 1.29 is 0 Å². The van der Waals surface area contributed by atoms with Crippen molar-refractivity contribution in [2.24, 2.45) is 5.92 Å². The smallest absolute Gasteiger partial charge is 0.00378 e. The molecule has 0 aromatic heterocycles. The summed E-state index contributed by atoms with van der Waals surface area (Å²) in [5.41, 5.74) is 7.74. The molecule has 0 radical (unpaired) electrons. The molecule has 2 aliphatic carbocycles. The van der Waals surface area contributed by atoms with Crippen molar-refractivity contribution in [1.29, 1.82) is 0 Å². The fraction of sp³-hybridized carbons (Fsp3) is 0.739. The summed E-state index contributed by atoms with van der Waals surface area (Å²) in [6.07, 6.45) is 8.37. The van der Waals surface area contributed by atoms with E-state index in [9.17, 15) is 0 Å². The zero-order chi connectivity index (χ0) is 17.0. The van der Waals surface area contributed by atoms with E-state index in [1.54, 1.807) is 22.3 Å². The topological polar surface area (TPSA) is 0 Å². The number of rotatable bonds is 0. The minimum absolute atomic E-state index is 0.251. The predicted octanol–water partition coefficient (Wildman–Crippen LogP) is 6.68. The summed E-state index contributed by atoms with van der Waals surface area (Å²) >= 11 is 0. The van der Waals surface area contributed by atoms with Crippen LogP contribution in [0.4, 0.5) is 0 Å². The van der Waals surface area contributed by atoms with Crippen LogP contribution in [0.1, 0.15) is 103 Å². The van der Waals surface area contributed by atoms with Gasteiger partial charge in [-0.15, -0.1) is 0 Å². The van der Waals surface area contributed by atoms with Gasteiger partial charge in [0.2, 0.25) is 0 Å². The maximum Gasteiger partial charge on any atom is -0.00378 e. The summed E-state index contributed by atoms with van der Waals surface area (Å²) in [6, 6.07) is 4.93. The molecule has 1 aromatic carbocycles. The standard InChI is InChI=1S/C23H36/c1-16-10-13-23(14-11-16)15-12-17-18(21(2,3)4)8-9-19(20(17)23)22(5,6)7/h8-9,16H,10-15H2,1-7H3. The predicted molar refractivity (Wildman–Crippen MR) is 101 cm³/mol. The third kappa shape index (κ3) is 2.87. The molecule has 128 valence electrons. The Morgan fingerprint density at radius 3 is 1.87 bits per heavy atom. The lowest BCUT2D eigenvalue weighted by Crippen LogP contribution is -2.32. The third-order valence-corrected chi connectivity index (χ3v) is 6.54. The summed E-state index contributed by atoms with van der Waals surface area (Å²) in [5.74, 6) is 0.925. The average Bonchev–Trinajstić information content (AvgIpc) is 2.79. The first-order chi connectivity index (χ1) is 10.5. The van der Waals surface area contributed by atoms with Gasteiger partial charge >= 0.3 is 0 Å².